The van der Waals surface area contributed by atoms with Crippen LogP contribution in [0.1, 0.15) is 29.6 Å². The van der Waals surface area contributed by atoms with Crippen molar-refractivity contribution in [1.82, 2.24) is 5.32 Å². The Labute approximate surface area is 123 Å². The molecular formula is C14H20N4O3. The van der Waals surface area contributed by atoms with Crippen LogP contribution < -0.4 is 16.4 Å². The van der Waals surface area contributed by atoms with Crippen molar-refractivity contribution in [2.24, 2.45) is 11.7 Å². The number of carbonyl (C=O) groups excluding carboxylic acids is 1. The van der Waals surface area contributed by atoms with Crippen LogP contribution in [0, 0.1) is 16.0 Å². The molecular weight excluding hydrogens is 272 g/mol. The molecule has 7 heteroatoms. The first-order valence-electron chi connectivity index (χ1n) is 7.04. The van der Waals surface area contributed by atoms with Gasteiger partial charge in [-0.05, 0) is 37.4 Å². The highest BCUT2D eigenvalue weighted by molar-refractivity contribution is 5.95. The first-order valence-corrected chi connectivity index (χ1v) is 7.04. The number of anilines is 1. The number of nitro groups is 1. The van der Waals surface area contributed by atoms with Crippen molar-refractivity contribution in [2.75, 3.05) is 18.9 Å². The van der Waals surface area contributed by atoms with Crippen LogP contribution in [-0.2, 0) is 0 Å². The fraction of sp³-hybridized carbons (Fsp3) is 0.500. The van der Waals surface area contributed by atoms with E-state index in [-0.39, 0.29) is 23.2 Å². The van der Waals surface area contributed by atoms with E-state index in [1.165, 1.54) is 13.1 Å². The van der Waals surface area contributed by atoms with Gasteiger partial charge in [0.25, 0.3) is 11.6 Å². The molecule has 0 aromatic heterocycles. The van der Waals surface area contributed by atoms with Crippen LogP contribution in [0.5, 0.6) is 0 Å². The number of carbonyl (C=O) groups is 1. The average molecular weight is 292 g/mol. The maximum absolute atomic E-state index is 11.6. The maximum atomic E-state index is 11.6. The van der Waals surface area contributed by atoms with Crippen molar-refractivity contribution in [3.05, 3.63) is 33.9 Å². The van der Waals surface area contributed by atoms with Crippen molar-refractivity contribution < 1.29 is 9.72 Å². The van der Waals surface area contributed by atoms with Gasteiger partial charge in [-0.25, -0.2) is 0 Å². The van der Waals surface area contributed by atoms with E-state index in [0.717, 1.165) is 19.3 Å². The normalized spacial score (nSPS) is 21.0. The van der Waals surface area contributed by atoms with Gasteiger partial charge in [-0.1, -0.05) is 6.42 Å². The number of rotatable bonds is 5. The van der Waals surface area contributed by atoms with Crippen molar-refractivity contribution in [1.29, 1.82) is 0 Å². The van der Waals surface area contributed by atoms with Crippen molar-refractivity contribution in [2.45, 2.75) is 25.3 Å². The average Bonchev–Trinajstić information content (AvgIpc) is 2.93. The molecule has 1 aliphatic carbocycles. The van der Waals surface area contributed by atoms with Crippen LogP contribution >= 0.6 is 0 Å². The van der Waals surface area contributed by atoms with Crippen LogP contribution in [0.3, 0.4) is 0 Å². The molecule has 1 fully saturated rings. The van der Waals surface area contributed by atoms with Gasteiger partial charge in [-0.15, -0.1) is 0 Å². The summed E-state index contributed by atoms with van der Waals surface area (Å²) in [6.45, 7) is 0.571. The second-order valence-corrected chi connectivity index (χ2v) is 5.25. The third kappa shape index (κ3) is 3.30. The number of nitro benzene ring substituents is 1. The Balaban J connectivity index is 2.26. The van der Waals surface area contributed by atoms with Gasteiger partial charge in [0.1, 0.15) is 5.69 Å². The Morgan fingerprint density at radius 1 is 1.48 bits per heavy atom. The second kappa shape index (κ2) is 6.53. The summed E-state index contributed by atoms with van der Waals surface area (Å²) in [6, 6.07) is 4.63. The number of hydrogen-bond donors (Lipinski definition) is 3. The summed E-state index contributed by atoms with van der Waals surface area (Å²) in [4.78, 5) is 22.3. The van der Waals surface area contributed by atoms with Gasteiger partial charge in [0.15, 0.2) is 0 Å². The van der Waals surface area contributed by atoms with E-state index in [2.05, 4.69) is 10.6 Å². The highest BCUT2D eigenvalue weighted by atomic mass is 16.6. The summed E-state index contributed by atoms with van der Waals surface area (Å²) in [5.74, 6) is -0.00595. The van der Waals surface area contributed by atoms with Gasteiger partial charge >= 0.3 is 0 Å². The largest absolute Gasteiger partial charge is 0.376 e. The zero-order chi connectivity index (χ0) is 15.4. The minimum Gasteiger partial charge on any atom is -0.376 e. The summed E-state index contributed by atoms with van der Waals surface area (Å²) < 4.78 is 0. The molecule has 0 spiro atoms. The number of amides is 1. The van der Waals surface area contributed by atoms with Crippen LogP contribution in [-0.4, -0.2) is 30.5 Å². The Morgan fingerprint density at radius 2 is 2.24 bits per heavy atom. The third-order valence-corrected chi connectivity index (χ3v) is 3.99. The van der Waals surface area contributed by atoms with Crippen LogP contribution in [0.2, 0.25) is 0 Å². The minimum absolute atomic E-state index is 0.0845. The standard InChI is InChI=1S/C14H20N4O3/c1-16-14(19)9-5-6-12(13(7-9)18(20)21)17-11-4-2-3-10(11)8-15/h5-7,10-11,17H,2-4,8,15H2,1H3,(H,16,19). The minimum atomic E-state index is -0.471. The molecule has 4 N–H and O–H groups in total. The molecule has 1 saturated carbocycles. The highest BCUT2D eigenvalue weighted by Crippen LogP contribution is 2.32. The van der Waals surface area contributed by atoms with Crippen LogP contribution in [0.25, 0.3) is 0 Å². The first kappa shape index (κ1) is 15.2. The molecule has 7 nitrogen and oxygen atoms in total. The van der Waals surface area contributed by atoms with E-state index in [0.29, 0.717) is 18.2 Å². The molecule has 1 aromatic carbocycles. The summed E-state index contributed by atoms with van der Waals surface area (Å²) in [5.41, 5.74) is 6.36. The molecule has 0 radical (unpaired) electrons. The SMILES string of the molecule is CNC(=O)c1ccc(NC2CCCC2CN)c([N+](=O)[O-])c1. The molecule has 114 valence electrons. The lowest BCUT2D eigenvalue weighted by Gasteiger charge is -2.20. The lowest BCUT2D eigenvalue weighted by molar-refractivity contribution is -0.384. The molecule has 2 atom stereocenters. The summed E-state index contributed by atoms with van der Waals surface area (Å²) >= 11 is 0. The molecule has 1 aromatic rings. The monoisotopic (exact) mass is 292 g/mol. The lowest BCUT2D eigenvalue weighted by Crippen LogP contribution is -2.29. The fourth-order valence-corrected chi connectivity index (χ4v) is 2.80. The van der Waals surface area contributed by atoms with E-state index in [9.17, 15) is 14.9 Å². The van der Waals surface area contributed by atoms with E-state index in [1.807, 2.05) is 0 Å². The van der Waals surface area contributed by atoms with Crippen LogP contribution in [0.4, 0.5) is 11.4 Å². The van der Waals surface area contributed by atoms with Crippen LogP contribution in [0.15, 0.2) is 18.2 Å². The number of nitrogens with zero attached hydrogens (tertiary/aromatic N) is 1. The summed E-state index contributed by atoms with van der Waals surface area (Å²) in [7, 11) is 1.49. The zero-order valence-electron chi connectivity index (χ0n) is 12.0. The van der Waals surface area contributed by atoms with Gasteiger partial charge < -0.3 is 16.4 Å². The maximum Gasteiger partial charge on any atom is 0.293 e. The van der Waals surface area contributed by atoms with E-state index >= 15 is 0 Å². The van der Waals surface area contributed by atoms with Gasteiger partial charge in [0.2, 0.25) is 0 Å². The third-order valence-electron chi connectivity index (χ3n) is 3.99. The molecule has 0 saturated heterocycles. The van der Waals surface area contributed by atoms with E-state index < -0.39 is 4.92 Å². The van der Waals surface area contributed by atoms with E-state index in [1.54, 1.807) is 12.1 Å². The topological polar surface area (TPSA) is 110 Å². The molecule has 2 rings (SSSR count). The molecule has 1 aliphatic rings. The highest BCUT2D eigenvalue weighted by Gasteiger charge is 2.28. The Kier molecular flexibility index (Phi) is 4.74. The summed E-state index contributed by atoms with van der Waals surface area (Å²) in [6.07, 6.45) is 3.07. The lowest BCUT2D eigenvalue weighted by atomic mass is 10.0. The number of nitrogens with one attached hydrogen (secondary N) is 2. The number of hydrogen-bond acceptors (Lipinski definition) is 5. The molecule has 0 aliphatic heterocycles. The Bertz CT molecular complexity index is 547. The molecule has 2 unspecified atom stereocenters. The number of nitrogens with two attached hydrogens (primary N) is 1. The predicted octanol–water partition coefficient (Wildman–Crippen LogP) is 1.49. The smallest absolute Gasteiger partial charge is 0.293 e. The molecule has 21 heavy (non-hydrogen) atoms. The zero-order valence-corrected chi connectivity index (χ0v) is 12.0. The van der Waals surface area contributed by atoms with Crippen molar-refractivity contribution in [3.8, 4) is 0 Å². The summed E-state index contributed by atoms with van der Waals surface area (Å²) in [5, 5.41) is 16.9. The van der Waals surface area contributed by atoms with Crippen molar-refractivity contribution >= 4 is 17.3 Å². The van der Waals surface area contributed by atoms with Gasteiger partial charge in [0, 0.05) is 24.7 Å². The fourth-order valence-electron chi connectivity index (χ4n) is 2.80. The van der Waals surface area contributed by atoms with Gasteiger partial charge in [-0.2, -0.15) is 0 Å². The molecule has 0 bridgehead atoms. The van der Waals surface area contributed by atoms with Gasteiger partial charge in [-0.3, -0.25) is 14.9 Å². The first-order chi connectivity index (χ1) is 10.1. The van der Waals surface area contributed by atoms with E-state index in [4.69, 9.17) is 5.73 Å². The van der Waals surface area contributed by atoms with Gasteiger partial charge in [0.05, 0.1) is 4.92 Å². The van der Waals surface area contributed by atoms with Crippen molar-refractivity contribution in [3.63, 3.8) is 0 Å². The predicted molar refractivity (Wildman–Crippen MR) is 80.3 cm³/mol. The quantitative estimate of drug-likeness (QED) is 0.562. The Hall–Kier alpha value is -2.15. The molecule has 1 amide bonds. The molecule has 0 heterocycles. The number of benzene rings is 1. The Morgan fingerprint density at radius 3 is 2.86 bits per heavy atom. The second-order valence-electron chi connectivity index (χ2n) is 5.25.